The molecule has 0 saturated heterocycles. The Balaban J connectivity index is 1.09. The minimum absolute atomic E-state index is 0.0158. The van der Waals surface area contributed by atoms with Crippen LogP contribution in [0.4, 0.5) is 34.1 Å². The maximum absolute atomic E-state index is 2.73. The summed E-state index contributed by atoms with van der Waals surface area (Å²) in [4.78, 5) is 5.08. The topological polar surface area (TPSA) is 21.3 Å². The summed E-state index contributed by atoms with van der Waals surface area (Å²) in [6.07, 6.45) is 0. The van der Waals surface area contributed by atoms with Gasteiger partial charge in [-0.05, 0) is 156 Å². The van der Waals surface area contributed by atoms with Crippen molar-refractivity contribution in [2.24, 2.45) is 0 Å². The standard InChI is InChI=1S/C83H78BN5/c1-79(2,3)51-31-39-56(40-32-51)85(57-41-33-52(34-42-57)80(4,5)6)60-49-69-73-70(50-60)89-76-62-26-19-21-30-67(62)87(55-23-16-15-17-24-55)78(76)71-68(86(58-43-35-53(36-44-58)81(7,8)9)59-45-37-54(38-46-59)82(10,11)12)48-47-66(77(71)89)84(73)65-29-22-27-63-72-75(88(69)74(63)65)61-25-18-20-28-64(61)83(72,13)14/h15-50H,1-14H3. The summed E-state index contributed by atoms with van der Waals surface area (Å²) in [5, 5.41) is 3.75. The Morgan fingerprint density at radius 1 is 0.371 bits per heavy atom. The van der Waals surface area contributed by atoms with Gasteiger partial charge in [-0.25, -0.2) is 0 Å². The molecule has 10 aromatic carbocycles. The SMILES string of the molecule is CC(C)(C)c1ccc(N(c2ccc(C(C)(C)C)cc2)c2cc3c4c(c2)-n2c5c(ccc(N(c6ccc(C(C)(C)C)cc6)c6ccc(C(C)(C)C)cc6)c5c5c2c2ccccc2n5-c2ccccc2)B4c2cccc4c5c(n-3c24)-c2ccccc2C5(C)C)cc1. The van der Waals surface area contributed by atoms with Gasteiger partial charge in [0.1, 0.15) is 0 Å². The predicted octanol–water partition coefficient (Wildman–Crippen LogP) is 20.3. The monoisotopic (exact) mass is 1160 g/mol. The van der Waals surface area contributed by atoms with Crippen LogP contribution in [0.2, 0.25) is 0 Å². The molecule has 0 radical (unpaired) electrons. The second-order valence-corrected chi connectivity index (χ2v) is 30.3. The zero-order valence-electron chi connectivity index (χ0n) is 54.1. The Kier molecular flexibility index (Phi) is 11.7. The van der Waals surface area contributed by atoms with Crippen LogP contribution in [0.1, 0.15) is 130 Å². The summed E-state index contributed by atoms with van der Waals surface area (Å²) in [6.45, 7) is 32.5. The van der Waals surface area contributed by atoms with Crippen LogP contribution in [0.25, 0.3) is 72.1 Å². The molecule has 0 fully saturated rings. The number of anilines is 6. The fourth-order valence-corrected chi connectivity index (χ4v) is 15.7. The van der Waals surface area contributed by atoms with Crippen LogP contribution in [0.3, 0.4) is 0 Å². The molecule has 13 aromatic rings. The summed E-state index contributed by atoms with van der Waals surface area (Å²) in [5.41, 5.74) is 30.6. The molecule has 0 N–H and O–H groups in total. The Hall–Kier alpha value is -9.26. The number of hydrogen-bond acceptors (Lipinski definition) is 2. The molecule has 0 bridgehead atoms. The van der Waals surface area contributed by atoms with Crippen molar-refractivity contribution < 1.29 is 0 Å². The minimum Gasteiger partial charge on any atom is -0.310 e. The lowest BCUT2D eigenvalue weighted by molar-refractivity contribution is 0.590. The number of aromatic nitrogens is 3. The lowest BCUT2D eigenvalue weighted by atomic mass is 9.34. The Morgan fingerprint density at radius 2 is 0.843 bits per heavy atom. The third kappa shape index (κ3) is 8.07. The third-order valence-electron chi connectivity index (χ3n) is 20.2. The van der Waals surface area contributed by atoms with E-state index in [0.717, 1.165) is 39.8 Å². The lowest BCUT2D eigenvalue weighted by Gasteiger charge is -2.37. The van der Waals surface area contributed by atoms with E-state index in [1.54, 1.807) is 0 Å². The molecule has 0 amide bonds. The number of fused-ring (bicyclic) bond motifs is 14. The summed E-state index contributed by atoms with van der Waals surface area (Å²) in [7, 11) is 0. The molecule has 0 saturated carbocycles. The normalized spacial score (nSPS) is 14.0. The van der Waals surface area contributed by atoms with Crippen LogP contribution in [-0.2, 0) is 27.1 Å². The van der Waals surface area contributed by atoms with Gasteiger partial charge in [0.2, 0.25) is 0 Å². The van der Waals surface area contributed by atoms with Crippen molar-refractivity contribution in [3.8, 4) is 28.3 Å². The van der Waals surface area contributed by atoms with Crippen LogP contribution >= 0.6 is 0 Å². The first-order valence-corrected chi connectivity index (χ1v) is 32.1. The van der Waals surface area contributed by atoms with Crippen molar-refractivity contribution >= 4 is 101 Å². The molecule has 3 aliphatic rings. The van der Waals surface area contributed by atoms with Gasteiger partial charge < -0.3 is 23.5 Å². The van der Waals surface area contributed by atoms with Gasteiger partial charge >= 0.3 is 0 Å². The number of nitrogens with zero attached hydrogens (tertiary/aromatic N) is 5. The van der Waals surface area contributed by atoms with Crippen molar-refractivity contribution in [3.05, 3.63) is 252 Å². The average Bonchev–Trinajstić information content (AvgIpc) is 1.57. The molecule has 5 nitrogen and oxygen atoms in total. The van der Waals surface area contributed by atoms with Crippen molar-refractivity contribution in [3.63, 3.8) is 0 Å². The van der Waals surface area contributed by atoms with Gasteiger partial charge in [0.25, 0.3) is 6.71 Å². The summed E-state index contributed by atoms with van der Waals surface area (Å²) in [5.74, 6) is 0. The molecule has 3 aromatic heterocycles. The molecule has 2 aliphatic heterocycles. The van der Waals surface area contributed by atoms with Crippen molar-refractivity contribution in [1.29, 1.82) is 0 Å². The first-order chi connectivity index (χ1) is 42.5. The van der Waals surface area contributed by atoms with Crippen LogP contribution < -0.4 is 26.2 Å². The van der Waals surface area contributed by atoms with Gasteiger partial charge in [0, 0.05) is 72.5 Å². The van der Waals surface area contributed by atoms with E-state index in [-0.39, 0.29) is 33.8 Å². The number of hydrogen-bond donors (Lipinski definition) is 0. The van der Waals surface area contributed by atoms with Gasteiger partial charge in [0.15, 0.2) is 0 Å². The number of benzene rings is 10. The van der Waals surface area contributed by atoms with Crippen LogP contribution in [0, 0.1) is 0 Å². The molecular formula is C83H78BN5. The second-order valence-electron chi connectivity index (χ2n) is 30.3. The first kappa shape index (κ1) is 55.1. The van der Waals surface area contributed by atoms with Crippen molar-refractivity contribution in [2.75, 3.05) is 9.80 Å². The fraction of sp³-hybridized carbons (Fsp3) is 0.229. The fourth-order valence-electron chi connectivity index (χ4n) is 15.7. The van der Waals surface area contributed by atoms with Crippen LogP contribution in [0.15, 0.2) is 218 Å². The van der Waals surface area contributed by atoms with E-state index in [1.165, 1.54) is 116 Å². The highest BCUT2D eigenvalue weighted by Gasteiger charge is 2.48. The molecule has 438 valence electrons. The number of para-hydroxylation sites is 3. The second kappa shape index (κ2) is 18.9. The zero-order valence-corrected chi connectivity index (χ0v) is 54.1. The maximum atomic E-state index is 2.73. The zero-order chi connectivity index (χ0) is 61.6. The third-order valence-corrected chi connectivity index (χ3v) is 20.2. The van der Waals surface area contributed by atoms with Gasteiger partial charge in [-0.15, -0.1) is 0 Å². The Morgan fingerprint density at radius 3 is 1.39 bits per heavy atom. The highest BCUT2D eigenvalue weighted by atomic mass is 15.2. The molecule has 5 heterocycles. The van der Waals surface area contributed by atoms with Gasteiger partial charge in [-0.1, -0.05) is 230 Å². The molecule has 16 rings (SSSR count). The van der Waals surface area contributed by atoms with E-state index in [0.29, 0.717) is 0 Å². The van der Waals surface area contributed by atoms with E-state index in [4.69, 9.17) is 0 Å². The molecule has 6 heteroatoms. The van der Waals surface area contributed by atoms with Crippen molar-refractivity contribution in [2.45, 2.75) is 124 Å². The largest absolute Gasteiger partial charge is 0.310 e. The van der Waals surface area contributed by atoms with E-state index in [2.05, 4.69) is 339 Å². The quantitative estimate of drug-likeness (QED) is 0.148. The molecule has 0 atom stereocenters. The summed E-state index contributed by atoms with van der Waals surface area (Å²) >= 11 is 0. The van der Waals surface area contributed by atoms with E-state index < -0.39 is 0 Å². The Bertz CT molecular complexity index is 4930. The van der Waals surface area contributed by atoms with Gasteiger partial charge in [-0.3, -0.25) is 0 Å². The van der Waals surface area contributed by atoms with Gasteiger partial charge in [0.05, 0.1) is 39.1 Å². The smallest absolute Gasteiger partial charge is 0.252 e. The van der Waals surface area contributed by atoms with E-state index >= 15 is 0 Å². The molecule has 89 heavy (non-hydrogen) atoms. The minimum atomic E-state index is -0.241. The van der Waals surface area contributed by atoms with Gasteiger partial charge in [-0.2, -0.15) is 0 Å². The van der Waals surface area contributed by atoms with Crippen LogP contribution in [-0.4, -0.2) is 20.4 Å². The van der Waals surface area contributed by atoms with Crippen molar-refractivity contribution in [1.82, 2.24) is 13.7 Å². The molecule has 1 aliphatic carbocycles. The highest BCUT2D eigenvalue weighted by Crippen LogP contribution is 2.56. The summed E-state index contributed by atoms with van der Waals surface area (Å²) < 4.78 is 8.01. The van der Waals surface area contributed by atoms with Crippen LogP contribution in [0.5, 0.6) is 0 Å². The lowest BCUT2D eigenvalue weighted by Crippen LogP contribution is -2.59. The predicted molar refractivity (Wildman–Crippen MR) is 381 cm³/mol. The van der Waals surface area contributed by atoms with E-state index in [1.807, 2.05) is 0 Å². The maximum Gasteiger partial charge on any atom is 0.252 e. The molecular weight excluding hydrogens is 1080 g/mol. The summed E-state index contributed by atoms with van der Waals surface area (Å²) in [6, 6.07) is 84.3. The molecule has 0 spiro atoms. The highest BCUT2D eigenvalue weighted by molar-refractivity contribution is 7.00. The number of rotatable bonds is 7. The Labute approximate surface area is 525 Å². The first-order valence-electron chi connectivity index (χ1n) is 32.1. The average molecular weight is 1160 g/mol. The molecule has 0 unspecified atom stereocenters. The van der Waals surface area contributed by atoms with E-state index in [9.17, 15) is 0 Å².